The maximum absolute atomic E-state index is 12.6. The van der Waals surface area contributed by atoms with Gasteiger partial charge < -0.3 is 0 Å². The first-order chi connectivity index (χ1) is 10.3. The number of rotatable bonds is 5. The number of aryl methyl sites for hydroxylation is 2. The zero-order chi connectivity index (χ0) is 16.5. The molecular formula is C13H23N5O3S. The summed E-state index contributed by atoms with van der Waals surface area (Å²) in [6.07, 6.45) is 1.24. The molecule has 1 aromatic rings. The first-order valence-corrected chi connectivity index (χ1v) is 8.76. The molecular weight excluding hydrogens is 306 g/mol. The lowest BCUT2D eigenvalue weighted by molar-refractivity contribution is -0.121. The summed E-state index contributed by atoms with van der Waals surface area (Å²) in [6.45, 7) is 4.52. The lowest BCUT2D eigenvalue weighted by Gasteiger charge is -2.32. The Morgan fingerprint density at radius 2 is 2.18 bits per heavy atom. The molecule has 1 aliphatic rings. The van der Waals surface area contributed by atoms with Crippen LogP contribution in [0.1, 0.15) is 25.5 Å². The molecule has 1 aromatic heterocycles. The van der Waals surface area contributed by atoms with E-state index in [1.165, 1.54) is 11.4 Å². The topological polar surface area (TPSA) is 87.5 Å². The molecule has 22 heavy (non-hydrogen) atoms. The van der Waals surface area contributed by atoms with Gasteiger partial charge in [0.15, 0.2) is 0 Å². The Labute approximate surface area is 131 Å². The van der Waals surface area contributed by atoms with Crippen molar-refractivity contribution in [1.29, 1.82) is 0 Å². The molecule has 1 atom stereocenters. The van der Waals surface area contributed by atoms with Crippen molar-refractivity contribution < 1.29 is 13.2 Å². The summed E-state index contributed by atoms with van der Waals surface area (Å²) >= 11 is 0. The Morgan fingerprint density at radius 3 is 2.73 bits per heavy atom. The van der Waals surface area contributed by atoms with Crippen LogP contribution in [0.4, 0.5) is 5.82 Å². The number of carbonyl (C=O) groups is 1. The number of aromatic nitrogens is 2. The van der Waals surface area contributed by atoms with E-state index in [2.05, 4.69) is 9.82 Å². The fraction of sp³-hybridized carbons (Fsp3) is 0.692. The van der Waals surface area contributed by atoms with Gasteiger partial charge in [0.05, 0.1) is 5.69 Å². The van der Waals surface area contributed by atoms with Crippen LogP contribution in [0, 0.1) is 6.92 Å². The standard InChI is InChI=1S/C13H23N5O3S/c1-5-16(3)22(20,21)15-11-7-6-8-18(13(11)19)12-9-10(2)14-17(12)4/h9,11,15H,5-8H2,1-4H3. The SMILES string of the molecule is CCN(C)S(=O)(=O)NC1CCCN(c2cc(C)nn2C)C1=O. The van der Waals surface area contributed by atoms with E-state index < -0.39 is 16.3 Å². The number of piperidine rings is 1. The second-order valence-electron chi connectivity index (χ2n) is 5.49. The van der Waals surface area contributed by atoms with Gasteiger partial charge in [-0.2, -0.15) is 22.5 Å². The quantitative estimate of drug-likeness (QED) is 0.824. The molecule has 9 heteroatoms. The second kappa shape index (κ2) is 6.35. The number of nitrogens with zero attached hydrogens (tertiary/aromatic N) is 4. The molecule has 0 radical (unpaired) electrons. The highest BCUT2D eigenvalue weighted by molar-refractivity contribution is 7.87. The minimum absolute atomic E-state index is 0.234. The Balaban J connectivity index is 2.19. The van der Waals surface area contributed by atoms with Gasteiger partial charge in [-0.3, -0.25) is 14.4 Å². The maximum Gasteiger partial charge on any atom is 0.279 e. The summed E-state index contributed by atoms with van der Waals surface area (Å²) in [7, 11) is -0.384. The van der Waals surface area contributed by atoms with Crippen LogP contribution in [0.15, 0.2) is 6.07 Å². The van der Waals surface area contributed by atoms with Crippen molar-refractivity contribution in [3.63, 3.8) is 0 Å². The third kappa shape index (κ3) is 3.31. The smallest absolute Gasteiger partial charge is 0.279 e. The molecule has 1 fully saturated rings. The van der Waals surface area contributed by atoms with Gasteiger partial charge in [-0.15, -0.1) is 0 Å². The molecule has 2 heterocycles. The zero-order valence-corrected chi connectivity index (χ0v) is 14.2. The van der Waals surface area contributed by atoms with Gasteiger partial charge in [0.1, 0.15) is 11.9 Å². The summed E-state index contributed by atoms with van der Waals surface area (Å²) in [6, 6.07) is 1.09. The average molecular weight is 329 g/mol. The number of amides is 1. The molecule has 0 aromatic carbocycles. The van der Waals surface area contributed by atoms with Crippen LogP contribution in [0.2, 0.25) is 0 Å². The van der Waals surface area contributed by atoms with Gasteiger partial charge in [0, 0.05) is 33.3 Å². The minimum Gasteiger partial charge on any atom is -0.296 e. The predicted molar refractivity (Wildman–Crippen MR) is 83.7 cm³/mol. The van der Waals surface area contributed by atoms with Crippen molar-refractivity contribution in [1.82, 2.24) is 18.8 Å². The second-order valence-corrected chi connectivity index (χ2v) is 7.30. The minimum atomic E-state index is -3.64. The fourth-order valence-electron chi connectivity index (χ4n) is 2.50. The Hall–Kier alpha value is -1.45. The monoisotopic (exact) mass is 329 g/mol. The first-order valence-electron chi connectivity index (χ1n) is 7.32. The van der Waals surface area contributed by atoms with Gasteiger partial charge >= 0.3 is 0 Å². The van der Waals surface area contributed by atoms with Crippen LogP contribution in [0.5, 0.6) is 0 Å². The highest BCUT2D eigenvalue weighted by Gasteiger charge is 2.34. The van der Waals surface area contributed by atoms with Gasteiger partial charge in [-0.1, -0.05) is 6.92 Å². The maximum atomic E-state index is 12.6. The van der Waals surface area contributed by atoms with Crippen molar-refractivity contribution >= 4 is 21.9 Å². The fourth-order valence-corrected chi connectivity index (χ4v) is 3.60. The summed E-state index contributed by atoms with van der Waals surface area (Å²) in [4.78, 5) is 14.2. The number of hydrogen-bond acceptors (Lipinski definition) is 4. The van der Waals surface area contributed by atoms with Gasteiger partial charge in [-0.05, 0) is 19.8 Å². The van der Waals surface area contributed by atoms with Crippen LogP contribution >= 0.6 is 0 Å². The van der Waals surface area contributed by atoms with Crippen molar-refractivity contribution in [3.05, 3.63) is 11.8 Å². The molecule has 1 saturated heterocycles. The van der Waals surface area contributed by atoms with Crippen LogP contribution in [0.3, 0.4) is 0 Å². The van der Waals surface area contributed by atoms with Crippen molar-refractivity contribution in [2.75, 3.05) is 25.0 Å². The van der Waals surface area contributed by atoms with E-state index >= 15 is 0 Å². The van der Waals surface area contributed by atoms with E-state index in [-0.39, 0.29) is 5.91 Å². The van der Waals surface area contributed by atoms with Crippen LogP contribution in [-0.2, 0) is 22.1 Å². The average Bonchev–Trinajstić information content (AvgIpc) is 2.78. The van der Waals surface area contributed by atoms with Crippen molar-refractivity contribution in [3.8, 4) is 0 Å². The predicted octanol–water partition coefficient (Wildman–Crippen LogP) is 0.0100. The van der Waals surface area contributed by atoms with E-state index in [4.69, 9.17) is 0 Å². The highest BCUT2D eigenvalue weighted by atomic mass is 32.2. The number of nitrogens with one attached hydrogen (secondary N) is 1. The molecule has 0 bridgehead atoms. The Bertz CT molecular complexity index is 655. The van der Waals surface area contributed by atoms with E-state index in [0.717, 1.165) is 12.1 Å². The van der Waals surface area contributed by atoms with Crippen molar-refractivity contribution in [2.45, 2.75) is 32.7 Å². The van der Waals surface area contributed by atoms with Crippen LogP contribution in [-0.4, -0.2) is 54.6 Å². The summed E-state index contributed by atoms with van der Waals surface area (Å²) in [5, 5.41) is 4.24. The number of hydrogen-bond donors (Lipinski definition) is 1. The lowest BCUT2D eigenvalue weighted by Crippen LogP contribution is -2.55. The molecule has 0 saturated carbocycles. The molecule has 1 N–H and O–H groups in total. The van der Waals surface area contributed by atoms with Crippen LogP contribution < -0.4 is 9.62 Å². The lowest BCUT2D eigenvalue weighted by atomic mass is 10.1. The van der Waals surface area contributed by atoms with E-state index in [9.17, 15) is 13.2 Å². The summed E-state index contributed by atoms with van der Waals surface area (Å²) < 4.78 is 29.6. The van der Waals surface area contributed by atoms with E-state index in [0.29, 0.717) is 25.3 Å². The molecule has 0 spiro atoms. The molecule has 124 valence electrons. The molecule has 2 rings (SSSR count). The largest absolute Gasteiger partial charge is 0.296 e. The van der Waals surface area contributed by atoms with E-state index in [1.54, 1.807) is 23.6 Å². The summed E-state index contributed by atoms with van der Waals surface area (Å²) in [5.41, 5.74) is 0.818. The zero-order valence-electron chi connectivity index (χ0n) is 13.4. The molecule has 1 aliphatic heterocycles. The normalized spacial score (nSPS) is 20.0. The molecule has 8 nitrogen and oxygen atoms in total. The highest BCUT2D eigenvalue weighted by Crippen LogP contribution is 2.22. The molecule has 1 amide bonds. The van der Waals surface area contributed by atoms with Crippen LogP contribution in [0.25, 0.3) is 0 Å². The number of carbonyl (C=O) groups excluding carboxylic acids is 1. The van der Waals surface area contributed by atoms with Gasteiger partial charge in [0.25, 0.3) is 10.2 Å². The van der Waals surface area contributed by atoms with E-state index in [1.807, 2.05) is 13.0 Å². The third-order valence-electron chi connectivity index (χ3n) is 3.84. The first kappa shape index (κ1) is 16.9. The van der Waals surface area contributed by atoms with Crippen molar-refractivity contribution in [2.24, 2.45) is 7.05 Å². The summed E-state index contributed by atoms with van der Waals surface area (Å²) in [5.74, 6) is 0.456. The molecule has 1 unspecified atom stereocenters. The Morgan fingerprint density at radius 1 is 1.50 bits per heavy atom. The Kier molecular flexibility index (Phi) is 4.88. The van der Waals surface area contributed by atoms with Gasteiger partial charge in [0.2, 0.25) is 5.91 Å². The third-order valence-corrected chi connectivity index (χ3v) is 5.50. The molecule has 0 aliphatic carbocycles. The number of anilines is 1. The van der Waals surface area contributed by atoms with Gasteiger partial charge in [-0.25, -0.2) is 0 Å².